The first-order valence-corrected chi connectivity index (χ1v) is 10.3. The van der Waals surface area contributed by atoms with Gasteiger partial charge in [-0.25, -0.2) is 19.4 Å². The normalized spacial score (nSPS) is 11.5. The molecule has 0 aromatic carbocycles. The van der Waals surface area contributed by atoms with Crippen LogP contribution in [0.15, 0.2) is 31.0 Å². The molecule has 4 aromatic rings. The summed E-state index contributed by atoms with van der Waals surface area (Å²) in [5, 5.41) is 14.3. The summed E-state index contributed by atoms with van der Waals surface area (Å²) in [5.41, 5.74) is 1.95. The zero-order chi connectivity index (χ0) is 23.8. The van der Waals surface area contributed by atoms with Crippen molar-refractivity contribution in [3.05, 3.63) is 36.7 Å². The number of aryl methyl sites for hydroxylation is 3. The van der Waals surface area contributed by atoms with Crippen molar-refractivity contribution < 1.29 is 9.53 Å². The molecular weight excluding hydrogens is 424 g/mol. The predicted molar refractivity (Wildman–Crippen MR) is 125 cm³/mol. The number of nitrogens with one attached hydrogen (secondary N) is 3. The summed E-state index contributed by atoms with van der Waals surface area (Å²) in [5.74, 6) is 1.63. The summed E-state index contributed by atoms with van der Waals surface area (Å²) >= 11 is 0. The van der Waals surface area contributed by atoms with Crippen molar-refractivity contribution in [1.29, 1.82) is 0 Å². The molecule has 0 unspecified atom stereocenters. The van der Waals surface area contributed by atoms with Gasteiger partial charge in [0.05, 0.1) is 35.0 Å². The molecule has 4 heterocycles. The van der Waals surface area contributed by atoms with E-state index in [1.165, 1.54) is 0 Å². The molecule has 0 spiro atoms. The molecule has 33 heavy (non-hydrogen) atoms. The SMILES string of the molecule is Cc1ncc(NC(=O)OC(C)(C)C)cc1Nc1nn(C)c2nc(Nc3cn(C)cn3)ncc12. The minimum atomic E-state index is -0.597. The van der Waals surface area contributed by atoms with Gasteiger partial charge < -0.3 is 19.9 Å². The molecule has 0 aliphatic heterocycles. The Labute approximate surface area is 190 Å². The number of fused-ring (bicyclic) bond motifs is 1. The highest BCUT2D eigenvalue weighted by atomic mass is 16.6. The number of carbonyl (C=O) groups excluding carboxylic acids is 1. The summed E-state index contributed by atoms with van der Waals surface area (Å²) in [6.45, 7) is 7.27. The third kappa shape index (κ3) is 5.17. The van der Waals surface area contributed by atoms with Crippen molar-refractivity contribution in [1.82, 2.24) is 34.3 Å². The molecule has 0 bridgehead atoms. The van der Waals surface area contributed by atoms with Gasteiger partial charge in [0, 0.05) is 26.5 Å². The Morgan fingerprint density at radius 3 is 2.58 bits per heavy atom. The number of pyridine rings is 1. The van der Waals surface area contributed by atoms with Gasteiger partial charge in [0.2, 0.25) is 5.95 Å². The van der Waals surface area contributed by atoms with Gasteiger partial charge in [0.15, 0.2) is 17.3 Å². The second-order valence-corrected chi connectivity index (χ2v) is 8.56. The molecule has 0 aliphatic rings. The average Bonchev–Trinajstić information content (AvgIpc) is 3.26. The lowest BCUT2D eigenvalue weighted by Gasteiger charge is -2.19. The third-order valence-electron chi connectivity index (χ3n) is 4.51. The average molecular weight is 451 g/mol. The van der Waals surface area contributed by atoms with Crippen molar-refractivity contribution in [3.63, 3.8) is 0 Å². The quantitative estimate of drug-likeness (QED) is 0.416. The van der Waals surface area contributed by atoms with Crippen LogP contribution >= 0.6 is 0 Å². The summed E-state index contributed by atoms with van der Waals surface area (Å²) < 4.78 is 8.79. The molecule has 4 rings (SSSR count). The summed E-state index contributed by atoms with van der Waals surface area (Å²) in [7, 11) is 3.69. The molecule has 0 fully saturated rings. The van der Waals surface area contributed by atoms with E-state index in [-0.39, 0.29) is 0 Å². The van der Waals surface area contributed by atoms with Gasteiger partial charge in [-0.15, -0.1) is 0 Å². The van der Waals surface area contributed by atoms with Gasteiger partial charge in [-0.3, -0.25) is 10.3 Å². The Bertz CT molecular complexity index is 1320. The van der Waals surface area contributed by atoms with Gasteiger partial charge in [-0.2, -0.15) is 10.1 Å². The maximum absolute atomic E-state index is 12.1. The number of hydrogen-bond acceptors (Lipinski definition) is 9. The first kappa shape index (κ1) is 22.0. The highest BCUT2D eigenvalue weighted by molar-refractivity contribution is 5.91. The van der Waals surface area contributed by atoms with Gasteiger partial charge in [-0.1, -0.05) is 0 Å². The lowest BCUT2D eigenvalue weighted by molar-refractivity contribution is 0.0636. The van der Waals surface area contributed by atoms with E-state index in [2.05, 4.69) is 41.0 Å². The van der Waals surface area contributed by atoms with Crippen LogP contribution in [0.4, 0.5) is 33.8 Å². The standard InChI is InChI=1S/C21H26N10O2/c1-12-15(7-13(8-22-12)25-20(32)33-21(2,3)4)26-17-14-9-23-19(28-18(14)31(6)29-17)27-16-10-30(5)11-24-16/h7-11H,1-6H3,(H,25,32)(H,26,29)(H,23,27,28). The second kappa shape index (κ2) is 8.37. The van der Waals surface area contributed by atoms with E-state index in [4.69, 9.17) is 4.74 Å². The molecule has 12 nitrogen and oxygen atoms in total. The monoisotopic (exact) mass is 450 g/mol. The number of anilines is 5. The lowest BCUT2D eigenvalue weighted by atomic mass is 10.2. The molecular formula is C21H26N10O2. The Morgan fingerprint density at radius 2 is 1.88 bits per heavy atom. The topological polar surface area (TPSA) is 137 Å². The fraction of sp³-hybridized carbons (Fsp3) is 0.333. The van der Waals surface area contributed by atoms with E-state index >= 15 is 0 Å². The van der Waals surface area contributed by atoms with Crippen LogP contribution in [0.25, 0.3) is 11.0 Å². The number of ether oxygens (including phenoxy) is 1. The fourth-order valence-electron chi connectivity index (χ4n) is 3.06. The summed E-state index contributed by atoms with van der Waals surface area (Å²) in [6, 6.07) is 1.77. The van der Waals surface area contributed by atoms with Crippen LogP contribution in [0.2, 0.25) is 0 Å². The molecule has 4 aromatic heterocycles. The van der Waals surface area contributed by atoms with Gasteiger partial charge in [0.25, 0.3) is 0 Å². The van der Waals surface area contributed by atoms with Crippen molar-refractivity contribution in [3.8, 4) is 0 Å². The summed E-state index contributed by atoms with van der Waals surface area (Å²) in [6.07, 6.45) is 6.23. The predicted octanol–water partition coefficient (Wildman–Crippen LogP) is 3.63. The van der Waals surface area contributed by atoms with E-state index in [1.54, 1.807) is 57.3 Å². The highest BCUT2D eigenvalue weighted by Crippen LogP contribution is 2.27. The Kier molecular flexibility index (Phi) is 5.58. The zero-order valence-corrected chi connectivity index (χ0v) is 19.3. The van der Waals surface area contributed by atoms with Crippen LogP contribution in [-0.2, 0) is 18.8 Å². The Balaban J connectivity index is 1.56. The van der Waals surface area contributed by atoms with Gasteiger partial charge in [0.1, 0.15) is 5.60 Å². The van der Waals surface area contributed by atoms with E-state index in [9.17, 15) is 4.79 Å². The van der Waals surface area contributed by atoms with Crippen LogP contribution in [-0.4, -0.2) is 46.0 Å². The van der Waals surface area contributed by atoms with Gasteiger partial charge in [-0.05, 0) is 33.8 Å². The zero-order valence-electron chi connectivity index (χ0n) is 19.3. The minimum absolute atomic E-state index is 0.414. The van der Waals surface area contributed by atoms with Crippen LogP contribution in [0.3, 0.4) is 0 Å². The largest absolute Gasteiger partial charge is 0.444 e. The van der Waals surface area contributed by atoms with Crippen molar-refractivity contribution >= 4 is 46.1 Å². The molecule has 172 valence electrons. The van der Waals surface area contributed by atoms with E-state index in [0.29, 0.717) is 34.6 Å². The first-order chi connectivity index (χ1) is 15.6. The number of aromatic nitrogens is 7. The minimum Gasteiger partial charge on any atom is -0.444 e. The molecule has 0 radical (unpaired) electrons. The molecule has 3 N–H and O–H groups in total. The smallest absolute Gasteiger partial charge is 0.412 e. The fourth-order valence-corrected chi connectivity index (χ4v) is 3.06. The Hall–Kier alpha value is -4.22. The number of hydrogen-bond donors (Lipinski definition) is 3. The Morgan fingerprint density at radius 1 is 1.09 bits per heavy atom. The van der Waals surface area contributed by atoms with E-state index in [0.717, 1.165) is 11.1 Å². The third-order valence-corrected chi connectivity index (χ3v) is 4.51. The highest BCUT2D eigenvalue weighted by Gasteiger charge is 2.17. The second-order valence-electron chi connectivity index (χ2n) is 8.56. The number of amides is 1. The van der Waals surface area contributed by atoms with E-state index in [1.807, 2.05) is 24.7 Å². The van der Waals surface area contributed by atoms with Gasteiger partial charge >= 0.3 is 6.09 Å². The number of nitrogens with zero attached hydrogens (tertiary/aromatic N) is 7. The molecule has 1 amide bonds. The van der Waals surface area contributed by atoms with Crippen molar-refractivity contribution in [2.75, 3.05) is 16.0 Å². The number of rotatable bonds is 5. The lowest BCUT2D eigenvalue weighted by Crippen LogP contribution is -2.27. The molecule has 12 heteroatoms. The number of imidazole rings is 1. The van der Waals surface area contributed by atoms with Crippen LogP contribution < -0.4 is 16.0 Å². The van der Waals surface area contributed by atoms with Crippen LogP contribution in [0.1, 0.15) is 26.5 Å². The molecule has 0 atom stereocenters. The maximum atomic E-state index is 12.1. The van der Waals surface area contributed by atoms with Crippen molar-refractivity contribution in [2.45, 2.75) is 33.3 Å². The van der Waals surface area contributed by atoms with Crippen molar-refractivity contribution in [2.24, 2.45) is 14.1 Å². The summed E-state index contributed by atoms with van der Waals surface area (Å²) in [4.78, 5) is 29.6. The van der Waals surface area contributed by atoms with Crippen LogP contribution in [0.5, 0.6) is 0 Å². The number of carbonyl (C=O) groups is 1. The first-order valence-electron chi connectivity index (χ1n) is 10.3. The molecule has 0 saturated heterocycles. The molecule has 0 aliphatic carbocycles. The van der Waals surface area contributed by atoms with Crippen LogP contribution in [0, 0.1) is 6.92 Å². The maximum Gasteiger partial charge on any atom is 0.412 e. The van der Waals surface area contributed by atoms with E-state index < -0.39 is 11.7 Å². The molecule has 0 saturated carbocycles.